The van der Waals surface area contributed by atoms with Crippen molar-refractivity contribution < 1.29 is 23.8 Å². The van der Waals surface area contributed by atoms with Crippen molar-refractivity contribution in [2.45, 2.75) is 33.3 Å². The average Bonchev–Trinajstić information content (AvgIpc) is 3.19. The van der Waals surface area contributed by atoms with Gasteiger partial charge in [-0.25, -0.2) is 0 Å². The van der Waals surface area contributed by atoms with E-state index in [9.17, 15) is 9.59 Å². The molecule has 1 fully saturated rings. The molecule has 0 radical (unpaired) electrons. The summed E-state index contributed by atoms with van der Waals surface area (Å²) in [5.41, 5.74) is 0.254. The van der Waals surface area contributed by atoms with Crippen molar-refractivity contribution in [1.82, 2.24) is 0 Å². The van der Waals surface area contributed by atoms with Crippen LogP contribution in [0.15, 0.2) is 18.2 Å². The molecular formula is C15H21NO5. The van der Waals surface area contributed by atoms with E-state index in [1.54, 1.807) is 18.2 Å². The summed E-state index contributed by atoms with van der Waals surface area (Å²) in [6.07, 6.45) is 0. The summed E-state index contributed by atoms with van der Waals surface area (Å²) in [7, 11) is 0. The third kappa shape index (κ3) is 5.43. The van der Waals surface area contributed by atoms with Crippen LogP contribution in [-0.4, -0.2) is 31.2 Å². The van der Waals surface area contributed by atoms with Crippen LogP contribution in [0, 0.1) is 0 Å². The molecule has 0 bridgehead atoms. The maximum atomic E-state index is 11.1. The highest BCUT2D eigenvalue weighted by Gasteiger charge is 2.40. The summed E-state index contributed by atoms with van der Waals surface area (Å²) in [6.45, 7) is 8.68. The van der Waals surface area contributed by atoms with E-state index in [0.29, 0.717) is 36.9 Å². The summed E-state index contributed by atoms with van der Waals surface area (Å²) in [5, 5.41) is 2.65. The van der Waals surface area contributed by atoms with Crippen LogP contribution in [0.25, 0.3) is 0 Å². The third-order valence-electron chi connectivity index (χ3n) is 2.62. The molecule has 1 heterocycles. The Kier molecular flexibility index (Phi) is 6.17. The molecular weight excluding hydrogens is 274 g/mol. The molecule has 0 spiro atoms. The van der Waals surface area contributed by atoms with E-state index in [4.69, 9.17) is 14.2 Å². The molecule has 0 saturated carbocycles. The summed E-state index contributed by atoms with van der Waals surface area (Å²) >= 11 is 0. The van der Waals surface area contributed by atoms with Gasteiger partial charge in [0.2, 0.25) is 5.91 Å². The van der Waals surface area contributed by atoms with Gasteiger partial charge in [0.25, 0.3) is 6.47 Å². The second kappa shape index (κ2) is 7.64. The summed E-state index contributed by atoms with van der Waals surface area (Å²) < 4.78 is 15.6. The van der Waals surface area contributed by atoms with Crippen molar-refractivity contribution in [3.63, 3.8) is 0 Å². The molecule has 6 nitrogen and oxygen atoms in total. The van der Waals surface area contributed by atoms with Crippen LogP contribution >= 0.6 is 0 Å². The summed E-state index contributed by atoms with van der Waals surface area (Å²) in [4.78, 5) is 21.4. The van der Waals surface area contributed by atoms with Crippen molar-refractivity contribution >= 4 is 18.1 Å². The van der Waals surface area contributed by atoms with Crippen LogP contribution in [0.5, 0.6) is 11.5 Å². The van der Waals surface area contributed by atoms with Gasteiger partial charge in [0.15, 0.2) is 0 Å². The number of anilines is 1. The SMILES string of the molecule is CC.CC(=O)Nc1ccc(OC=O)cc1OCC1(C)CO1. The Hall–Kier alpha value is -2.08. The molecule has 1 unspecified atom stereocenters. The quantitative estimate of drug-likeness (QED) is 0.644. The molecule has 6 heteroatoms. The number of epoxide rings is 1. The number of hydrogen-bond acceptors (Lipinski definition) is 5. The average molecular weight is 295 g/mol. The van der Waals surface area contributed by atoms with Gasteiger partial charge in [-0.2, -0.15) is 0 Å². The van der Waals surface area contributed by atoms with Crippen molar-refractivity contribution in [2.24, 2.45) is 0 Å². The highest BCUT2D eigenvalue weighted by atomic mass is 16.6. The van der Waals surface area contributed by atoms with Crippen LogP contribution in [-0.2, 0) is 14.3 Å². The molecule has 21 heavy (non-hydrogen) atoms. The van der Waals surface area contributed by atoms with Crippen LogP contribution in [0.1, 0.15) is 27.7 Å². The standard InChI is InChI=1S/C13H15NO5.C2H6/c1-9(16)14-11-4-3-10(18-8-15)5-12(11)17-6-13(2)7-19-13;1-2/h3-5,8H,6-7H2,1-2H3,(H,14,16);1-2H3. The van der Waals surface area contributed by atoms with Gasteiger partial charge in [-0.15, -0.1) is 0 Å². The number of rotatable bonds is 6. The first-order chi connectivity index (χ1) is 10.0. The lowest BCUT2D eigenvalue weighted by molar-refractivity contribution is -0.120. The Morgan fingerprint density at radius 3 is 2.67 bits per heavy atom. The smallest absolute Gasteiger partial charge is 0.298 e. The van der Waals surface area contributed by atoms with Crippen molar-refractivity contribution in [3.05, 3.63) is 18.2 Å². The lowest BCUT2D eigenvalue weighted by Crippen LogP contribution is -2.18. The minimum atomic E-state index is -0.269. The zero-order valence-corrected chi connectivity index (χ0v) is 12.8. The molecule has 1 amide bonds. The number of amides is 1. The van der Waals surface area contributed by atoms with E-state index in [0.717, 1.165) is 0 Å². The Morgan fingerprint density at radius 1 is 1.48 bits per heavy atom. The fourth-order valence-corrected chi connectivity index (χ4v) is 1.48. The van der Waals surface area contributed by atoms with Crippen LogP contribution < -0.4 is 14.8 Å². The van der Waals surface area contributed by atoms with Gasteiger partial charge < -0.3 is 19.5 Å². The molecule has 116 valence electrons. The minimum absolute atomic E-state index is 0.206. The van der Waals surface area contributed by atoms with Crippen LogP contribution in [0.2, 0.25) is 0 Å². The molecule has 1 aliphatic rings. The van der Waals surface area contributed by atoms with Gasteiger partial charge in [0.05, 0.1) is 12.3 Å². The lowest BCUT2D eigenvalue weighted by atomic mass is 10.2. The zero-order chi connectivity index (χ0) is 15.9. The van der Waals surface area contributed by atoms with Crippen LogP contribution in [0.4, 0.5) is 5.69 Å². The van der Waals surface area contributed by atoms with E-state index in [1.807, 2.05) is 20.8 Å². The highest BCUT2D eigenvalue weighted by Crippen LogP contribution is 2.32. The molecule has 1 aliphatic heterocycles. The first kappa shape index (κ1) is 17.0. The topological polar surface area (TPSA) is 77.2 Å². The predicted molar refractivity (Wildman–Crippen MR) is 78.6 cm³/mol. The summed E-state index contributed by atoms with van der Waals surface area (Å²) in [5.74, 6) is 0.579. The predicted octanol–water partition coefficient (Wildman–Crippen LogP) is 2.37. The number of ether oxygens (including phenoxy) is 3. The number of nitrogens with one attached hydrogen (secondary N) is 1. The Labute approximate surface area is 124 Å². The van der Waals surface area contributed by atoms with Gasteiger partial charge in [0.1, 0.15) is 23.7 Å². The Balaban J connectivity index is 0.00000106. The van der Waals surface area contributed by atoms with Gasteiger partial charge in [0, 0.05) is 13.0 Å². The first-order valence-electron chi connectivity index (χ1n) is 6.81. The lowest BCUT2D eigenvalue weighted by Gasteiger charge is -2.14. The molecule has 0 aromatic heterocycles. The van der Waals surface area contributed by atoms with Gasteiger partial charge in [-0.1, -0.05) is 13.8 Å². The van der Waals surface area contributed by atoms with Crippen LogP contribution in [0.3, 0.4) is 0 Å². The van der Waals surface area contributed by atoms with Gasteiger partial charge in [-0.3, -0.25) is 9.59 Å². The van der Waals surface area contributed by atoms with Gasteiger partial charge >= 0.3 is 0 Å². The Bertz CT molecular complexity index is 497. The van der Waals surface area contributed by atoms with E-state index in [2.05, 4.69) is 5.32 Å². The molecule has 1 N–H and O–H groups in total. The number of hydrogen-bond donors (Lipinski definition) is 1. The fourth-order valence-electron chi connectivity index (χ4n) is 1.48. The zero-order valence-electron chi connectivity index (χ0n) is 12.8. The molecule has 0 aliphatic carbocycles. The number of carbonyl (C=O) groups excluding carboxylic acids is 2. The monoisotopic (exact) mass is 295 g/mol. The maximum Gasteiger partial charge on any atom is 0.298 e. The van der Waals surface area contributed by atoms with Crippen molar-refractivity contribution in [2.75, 3.05) is 18.5 Å². The first-order valence-corrected chi connectivity index (χ1v) is 6.81. The molecule has 1 aromatic rings. The summed E-state index contributed by atoms with van der Waals surface area (Å²) in [6, 6.07) is 4.74. The third-order valence-corrected chi connectivity index (χ3v) is 2.62. The van der Waals surface area contributed by atoms with E-state index >= 15 is 0 Å². The van der Waals surface area contributed by atoms with Gasteiger partial charge in [-0.05, 0) is 19.1 Å². The Morgan fingerprint density at radius 2 is 2.14 bits per heavy atom. The maximum absolute atomic E-state index is 11.1. The normalized spacial score (nSPS) is 18.9. The van der Waals surface area contributed by atoms with E-state index in [-0.39, 0.29) is 11.5 Å². The second-order valence-electron chi connectivity index (χ2n) is 4.58. The van der Waals surface area contributed by atoms with E-state index < -0.39 is 0 Å². The largest absolute Gasteiger partial charge is 0.488 e. The van der Waals surface area contributed by atoms with Crippen molar-refractivity contribution in [1.29, 1.82) is 0 Å². The number of benzene rings is 1. The second-order valence-corrected chi connectivity index (χ2v) is 4.58. The molecule has 1 aromatic carbocycles. The molecule has 1 atom stereocenters. The molecule has 2 rings (SSSR count). The number of carbonyl (C=O) groups is 2. The minimum Gasteiger partial charge on any atom is -0.488 e. The van der Waals surface area contributed by atoms with E-state index in [1.165, 1.54) is 6.92 Å². The molecule has 1 saturated heterocycles. The fraction of sp³-hybridized carbons (Fsp3) is 0.467. The highest BCUT2D eigenvalue weighted by molar-refractivity contribution is 5.90. The van der Waals surface area contributed by atoms with Crippen molar-refractivity contribution in [3.8, 4) is 11.5 Å².